The molecule has 0 aliphatic rings. The van der Waals surface area contributed by atoms with Crippen molar-refractivity contribution in [2.75, 3.05) is 0 Å². The number of carboxylic acid groups (broad SMARTS) is 1. The molecule has 0 aromatic carbocycles. The summed E-state index contributed by atoms with van der Waals surface area (Å²) in [5.74, 6) is -0.869. The molecule has 0 radical (unpaired) electrons. The van der Waals surface area contributed by atoms with Gasteiger partial charge in [-0.15, -0.1) is 0 Å². The maximum atomic E-state index is 10.2. The lowest BCUT2D eigenvalue weighted by atomic mass is 10.1. The quantitative estimate of drug-likeness (QED) is 0.273. The standard InChI is InChI=1S/C18H32O3/c1-2-3-4-11-14-17(19)15-12-9-7-5-6-8-10-13-16-18(20)21/h9,12-13,16-17,19H,2-8,10-11,14-15H2,1H3,(H,20,21). The first-order chi connectivity index (χ1) is 10.2. The molecular weight excluding hydrogens is 264 g/mol. The summed E-state index contributed by atoms with van der Waals surface area (Å²) in [5.41, 5.74) is 0. The third-order valence-corrected chi connectivity index (χ3v) is 3.47. The van der Waals surface area contributed by atoms with Gasteiger partial charge < -0.3 is 10.2 Å². The Morgan fingerprint density at radius 2 is 1.62 bits per heavy atom. The van der Waals surface area contributed by atoms with E-state index in [0.717, 1.165) is 51.4 Å². The fourth-order valence-electron chi connectivity index (χ4n) is 2.18. The highest BCUT2D eigenvalue weighted by atomic mass is 16.4. The molecule has 0 bridgehead atoms. The predicted octanol–water partition coefficient (Wildman–Crippen LogP) is 4.86. The van der Waals surface area contributed by atoms with Crippen molar-refractivity contribution in [2.45, 2.75) is 83.7 Å². The summed E-state index contributed by atoms with van der Waals surface area (Å²) in [5, 5.41) is 18.2. The number of carbonyl (C=O) groups is 1. The molecule has 0 saturated heterocycles. The molecule has 21 heavy (non-hydrogen) atoms. The molecule has 2 N–H and O–H groups in total. The molecule has 122 valence electrons. The van der Waals surface area contributed by atoms with Gasteiger partial charge in [0.2, 0.25) is 0 Å². The molecule has 0 aromatic heterocycles. The molecule has 3 nitrogen and oxygen atoms in total. The van der Waals surface area contributed by atoms with E-state index in [9.17, 15) is 9.90 Å². The van der Waals surface area contributed by atoms with E-state index < -0.39 is 5.97 Å². The molecule has 0 amide bonds. The van der Waals surface area contributed by atoms with Crippen LogP contribution < -0.4 is 0 Å². The summed E-state index contributed by atoms with van der Waals surface area (Å²) >= 11 is 0. The van der Waals surface area contributed by atoms with Crippen LogP contribution in [-0.4, -0.2) is 22.3 Å². The number of unbranched alkanes of at least 4 members (excludes halogenated alkanes) is 7. The normalized spacial score (nSPS) is 13.2. The number of carboxylic acids is 1. The van der Waals surface area contributed by atoms with Crippen LogP contribution in [0.3, 0.4) is 0 Å². The predicted molar refractivity (Wildman–Crippen MR) is 88.4 cm³/mol. The molecule has 0 fully saturated rings. The Kier molecular flexibility index (Phi) is 14.5. The molecule has 0 saturated carbocycles. The van der Waals surface area contributed by atoms with Gasteiger partial charge in [-0.05, 0) is 38.5 Å². The monoisotopic (exact) mass is 296 g/mol. The molecule has 1 unspecified atom stereocenters. The molecule has 0 aliphatic carbocycles. The van der Waals surface area contributed by atoms with Crippen molar-refractivity contribution in [3.8, 4) is 0 Å². The zero-order chi connectivity index (χ0) is 15.8. The molecule has 0 aromatic rings. The molecule has 0 heterocycles. The lowest BCUT2D eigenvalue weighted by molar-refractivity contribution is -0.131. The number of hydrogen-bond donors (Lipinski definition) is 2. The highest BCUT2D eigenvalue weighted by molar-refractivity contribution is 5.79. The first-order valence-electron chi connectivity index (χ1n) is 8.39. The summed E-state index contributed by atoms with van der Waals surface area (Å²) in [7, 11) is 0. The van der Waals surface area contributed by atoms with Crippen LogP contribution in [0.5, 0.6) is 0 Å². The zero-order valence-corrected chi connectivity index (χ0v) is 13.5. The van der Waals surface area contributed by atoms with E-state index in [0.29, 0.717) is 0 Å². The lowest BCUT2D eigenvalue weighted by Crippen LogP contribution is -2.04. The van der Waals surface area contributed by atoms with Crippen LogP contribution in [0.2, 0.25) is 0 Å². The second kappa shape index (κ2) is 15.3. The minimum absolute atomic E-state index is 0.181. The van der Waals surface area contributed by atoms with Crippen LogP contribution in [0, 0.1) is 0 Å². The van der Waals surface area contributed by atoms with Gasteiger partial charge in [0, 0.05) is 6.08 Å². The van der Waals surface area contributed by atoms with E-state index in [1.54, 1.807) is 6.08 Å². The van der Waals surface area contributed by atoms with E-state index in [1.807, 2.05) is 0 Å². The van der Waals surface area contributed by atoms with Crippen LogP contribution in [0.1, 0.15) is 77.6 Å². The van der Waals surface area contributed by atoms with Crippen molar-refractivity contribution < 1.29 is 15.0 Å². The van der Waals surface area contributed by atoms with E-state index >= 15 is 0 Å². The van der Waals surface area contributed by atoms with Gasteiger partial charge in [-0.1, -0.05) is 57.3 Å². The lowest BCUT2D eigenvalue weighted by Gasteiger charge is -2.06. The fourth-order valence-corrected chi connectivity index (χ4v) is 2.18. The van der Waals surface area contributed by atoms with Gasteiger partial charge in [0.25, 0.3) is 0 Å². The Balaban J connectivity index is 3.33. The highest BCUT2D eigenvalue weighted by Gasteiger charge is 2.00. The van der Waals surface area contributed by atoms with Crippen molar-refractivity contribution in [2.24, 2.45) is 0 Å². The Bertz CT molecular complexity index is 295. The summed E-state index contributed by atoms with van der Waals surface area (Å²) in [6.45, 7) is 2.20. The highest BCUT2D eigenvalue weighted by Crippen LogP contribution is 2.09. The fraction of sp³-hybridized carbons (Fsp3) is 0.722. The summed E-state index contributed by atoms with van der Waals surface area (Å²) in [6, 6.07) is 0. The minimum atomic E-state index is -0.869. The van der Waals surface area contributed by atoms with Crippen molar-refractivity contribution in [3.63, 3.8) is 0 Å². The third-order valence-electron chi connectivity index (χ3n) is 3.47. The van der Waals surface area contributed by atoms with E-state index in [2.05, 4.69) is 19.1 Å². The topological polar surface area (TPSA) is 57.5 Å². The van der Waals surface area contributed by atoms with Gasteiger partial charge in [0.05, 0.1) is 6.10 Å². The maximum absolute atomic E-state index is 10.2. The summed E-state index contributed by atoms with van der Waals surface area (Å²) < 4.78 is 0. The first-order valence-corrected chi connectivity index (χ1v) is 8.39. The average Bonchev–Trinajstić information content (AvgIpc) is 2.45. The van der Waals surface area contributed by atoms with Crippen LogP contribution >= 0.6 is 0 Å². The third kappa shape index (κ3) is 16.9. The molecule has 0 aliphatic heterocycles. The Morgan fingerprint density at radius 1 is 0.952 bits per heavy atom. The smallest absolute Gasteiger partial charge is 0.327 e. The Hall–Kier alpha value is -1.09. The number of allylic oxidation sites excluding steroid dienone is 2. The largest absolute Gasteiger partial charge is 0.478 e. The van der Waals surface area contributed by atoms with Crippen LogP contribution in [0.4, 0.5) is 0 Å². The second-order valence-corrected chi connectivity index (χ2v) is 5.59. The SMILES string of the molecule is CCCCCCC(O)CC=CCCCCCC=CC(=O)O. The van der Waals surface area contributed by atoms with Crippen molar-refractivity contribution >= 4 is 5.97 Å². The van der Waals surface area contributed by atoms with E-state index in [-0.39, 0.29) is 6.10 Å². The van der Waals surface area contributed by atoms with Gasteiger partial charge in [0.15, 0.2) is 0 Å². The number of aliphatic hydroxyl groups is 1. The van der Waals surface area contributed by atoms with Crippen LogP contribution in [-0.2, 0) is 4.79 Å². The van der Waals surface area contributed by atoms with E-state index in [1.165, 1.54) is 25.3 Å². The van der Waals surface area contributed by atoms with Crippen LogP contribution in [0.15, 0.2) is 24.3 Å². The average molecular weight is 296 g/mol. The molecule has 0 rings (SSSR count). The number of aliphatic hydroxyl groups excluding tert-OH is 1. The number of aliphatic carboxylic acids is 1. The molecule has 3 heteroatoms. The number of hydrogen-bond acceptors (Lipinski definition) is 2. The van der Waals surface area contributed by atoms with E-state index in [4.69, 9.17) is 5.11 Å². The van der Waals surface area contributed by atoms with Crippen LogP contribution in [0.25, 0.3) is 0 Å². The Morgan fingerprint density at radius 3 is 2.29 bits per heavy atom. The summed E-state index contributed by atoms with van der Waals surface area (Å²) in [6.07, 6.45) is 18.7. The zero-order valence-electron chi connectivity index (χ0n) is 13.5. The minimum Gasteiger partial charge on any atom is -0.478 e. The summed E-state index contributed by atoms with van der Waals surface area (Å²) in [4.78, 5) is 10.2. The maximum Gasteiger partial charge on any atom is 0.327 e. The van der Waals surface area contributed by atoms with Crippen molar-refractivity contribution in [1.82, 2.24) is 0 Å². The molecule has 1 atom stereocenters. The van der Waals surface area contributed by atoms with Gasteiger partial charge in [-0.25, -0.2) is 4.79 Å². The van der Waals surface area contributed by atoms with Gasteiger partial charge in [0.1, 0.15) is 0 Å². The van der Waals surface area contributed by atoms with Crippen molar-refractivity contribution in [1.29, 1.82) is 0 Å². The van der Waals surface area contributed by atoms with Gasteiger partial charge >= 0.3 is 5.97 Å². The number of rotatable bonds is 14. The second-order valence-electron chi connectivity index (χ2n) is 5.59. The van der Waals surface area contributed by atoms with Crippen molar-refractivity contribution in [3.05, 3.63) is 24.3 Å². The molecular formula is C18H32O3. The Labute approximate surface area is 129 Å². The van der Waals surface area contributed by atoms with Gasteiger partial charge in [-0.2, -0.15) is 0 Å². The first kappa shape index (κ1) is 19.9. The van der Waals surface area contributed by atoms with Gasteiger partial charge in [-0.3, -0.25) is 0 Å². The molecule has 0 spiro atoms.